The summed E-state index contributed by atoms with van der Waals surface area (Å²) in [6.07, 6.45) is 7.21. The van der Waals surface area contributed by atoms with Crippen molar-refractivity contribution < 1.29 is 9.53 Å². The van der Waals surface area contributed by atoms with Crippen LogP contribution in [0.25, 0.3) is 16.1 Å². The molecule has 0 unspecified atom stereocenters. The first-order valence-electron chi connectivity index (χ1n) is 12.3. The van der Waals surface area contributed by atoms with Crippen LogP contribution in [0, 0.1) is 18.4 Å². The van der Waals surface area contributed by atoms with Gasteiger partial charge in [0.15, 0.2) is 17.8 Å². The molecular weight excluding hydrogens is 456 g/mol. The number of ether oxygens (including phenoxy) is 1. The Balaban J connectivity index is 1.14. The predicted molar refractivity (Wildman–Crippen MR) is 136 cm³/mol. The third-order valence-corrected chi connectivity index (χ3v) is 6.76. The normalized spacial score (nSPS) is 15.9. The zero-order chi connectivity index (χ0) is 24.9. The highest BCUT2D eigenvalue weighted by molar-refractivity contribution is 5.81. The molecule has 1 amide bonds. The number of hydrogen-bond acceptors (Lipinski definition) is 7. The van der Waals surface area contributed by atoms with Crippen LogP contribution in [0.5, 0.6) is 5.75 Å². The summed E-state index contributed by atoms with van der Waals surface area (Å²) in [5.74, 6) is 3.40. The van der Waals surface area contributed by atoms with Crippen molar-refractivity contribution in [2.24, 2.45) is 11.8 Å². The Kier molecular flexibility index (Phi) is 7.09. The maximum atomic E-state index is 12.2. The van der Waals surface area contributed by atoms with E-state index in [9.17, 15) is 4.79 Å². The van der Waals surface area contributed by atoms with Gasteiger partial charge in [-0.2, -0.15) is 5.10 Å². The van der Waals surface area contributed by atoms with E-state index in [0.717, 1.165) is 74.4 Å². The van der Waals surface area contributed by atoms with E-state index in [1.54, 1.807) is 7.11 Å². The molecule has 3 N–H and O–H groups in total. The molecule has 1 aliphatic heterocycles. The number of aromatic amines is 1. The second kappa shape index (κ2) is 10.7. The van der Waals surface area contributed by atoms with Gasteiger partial charge in [0.1, 0.15) is 5.75 Å². The minimum atomic E-state index is 0.244. The minimum absolute atomic E-state index is 0.244. The molecule has 2 aromatic heterocycles. The maximum Gasteiger partial charge on any atom is 0.288 e. The van der Waals surface area contributed by atoms with Gasteiger partial charge in [-0.1, -0.05) is 12.6 Å². The van der Waals surface area contributed by atoms with Gasteiger partial charge in [-0.15, -0.1) is 4.98 Å². The summed E-state index contributed by atoms with van der Waals surface area (Å²) in [6.45, 7) is 10.5. The summed E-state index contributed by atoms with van der Waals surface area (Å²) in [5, 5.41) is 14.0. The zero-order valence-corrected chi connectivity index (χ0v) is 20.3. The highest BCUT2D eigenvalue weighted by atomic mass is 16.5. The van der Waals surface area contributed by atoms with Gasteiger partial charge in [0.25, 0.3) is 5.82 Å². The number of hydrogen-bond donors (Lipinski definition) is 3. The monoisotopic (exact) mass is 486 g/mol. The molecule has 1 aromatic carbocycles. The first kappa shape index (κ1) is 23.8. The van der Waals surface area contributed by atoms with Crippen molar-refractivity contribution in [3.8, 4) is 17.0 Å². The molecule has 186 valence electrons. The Hall–Kier alpha value is -3.97. The standard InChI is InChI=1S/C26H30N8O2/c1-27-24-15-30-25(16-29-24)31-23-12-21(32-33-23)20-6-3-18(11-22(20)36-2)14-28-13-17-7-9-34(10-8-17)26(35)19-4-5-19/h3,6,11-12,15-17,19,28H,4-5,7-10,13-14H2,2H3,(H2,30,31,32,33). The van der Waals surface area contributed by atoms with Gasteiger partial charge < -0.3 is 25.1 Å². The number of carbonyl (C=O) groups is 1. The molecular formula is C26H30N8O2. The third-order valence-electron chi connectivity index (χ3n) is 6.76. The summed E-state index contributed by atoms with van der Waals surface area (Å²) in [7, 11) is 1.66. The smallest absolute Gasteiger partial charge is 0.288 e. The molecule has 36 heavy (non-hydrogen) atoms. The lowest BCUT2D eigenvalue weighted by Crippen LogP contribution is -2.41. The number of nitrogens with one attached hydrogen (secondary N) is 3. The van der Waals surface area contributed by atoms with Crippen LogP contribution in [0.2, 0.25) is 0 Å². The van der Waals surface area contributed by atoms with Gasteiger partial charge in [-0.05, 0) is 55.8 Å². The van der Waals surface area contributed by atoms with Crippen molar-refractivity contribution in [3.63, 3.8) is 0 Å². The van der Waals surface area contributed by atoms with Crippen LogP contribution in [0.1, 0.15) is 31.2 Å². The first-order valence-corrected chi connectivity index (χ1v) is 12.3. The van der Waals surface area contributed by atoms with Crippen LogP contribution < -0.4 is 15.4 Å². The number of H-pyrrole nitrogens is 1. The molecule has 2 aliphatic rings. The molecule has 3 heterocycles. The van der Waals surface area contributed by atoms with Crippen molar-refractivity contribution in [1.82, 2.24) is 30.4 Å². The van der Waals surface area contributed by atoms with Gasteiger partial charge in [0.05, 0.1) is 19.0 Å². The zero-order valence-electron chi connectivity index (χ0n) is 20.3. The van der Waals surface area contributed by atoms with Crippen LogP contribution in [0.4, 0.5) is 17.5 Å². The van der Waals surface area contributed by atoms with Gasteiger partial charge in [0.2, 0.25) is 5.91 Å². The highest BCUT2D eigenvalue weighted by Crippen LogP contribution is 2.33. The topological polar surface area (TPSA) is 112 Å². The lowest BCUT2D eigenvalue weighted by atomic mass is 9.96. The highest BCUT2D eigenvalue weighted by Gasteiger charge is 2.34. The second-order valence-electron chi connectivity index (χ2n) is 9.37. The molecule has 1 saturated carbocycles. The maximum absolute atomic E-state index is 12.2. The lowest BCUT2D eigenvalue weighted by Gasteiger charge is -2.32. The van der Waals surface area contributed by atoms with Gasteiger partial charge >= 0.3 is 0 Å². The van der Waals surface area contributed by atoms with E-state index >= 15 is 0 Å². The number of anilines is 2. The number of aromatic nitrogens is 4. The number of rotatable bonds is 9. The van der Waals surface area contributed by atoms with E-state index in [1.165, 1.54) is 12.4 Å². The Morgan fingerprint density at radius 3 is 2.69 bits per heavy atom. The van der Waals surface area contributed by atoms with E-state index in [1.807, 2.05) is 18.2 Å². The summed E-state index contributed by atoms with van der Waals surface area (Å²) < 4.78 is 5.66. The van der Waals surface area contributed by atoms with Gasteiger partial charge in [-0.25, -0.2) is 4.98 Å². The molecule has 3 aromatic rings. The molecule has 0 spiro atoms. The largest absolute Gasteiger partial charge is 0.496 e. The summed E-state index contributed by atoms with van der Waals surface area (Å²) in [6, 6.07) is 8.03. The van der Waals surface area contributed by atoms with Crippen molar-refractivity contribution in [3.05, 3.63) is 53.6 Å². The Labute approximate surface area is 210 Å². The number of likely N-dealkylation sites (tertiary alicyclic amines) is 1. The molecule has 0 bridgehead atoms. The van der Waals surface area contributed by atoms with Crippen LogP contribution in [-0.4, -0.2) is 57.7 Å². The molecule has 2 fully saturated rings. The summed E-state index contributed by atoms with van der Waals surface area (Å²) in [4.78, 5) is 25.7. The summed E-state index contributed by atoms with van der Waals surface area (Å²) >= 11 is 0. The number of carbonyl (C=O) groups excluding carboxylic acids is 1. The van der Waals surface area contributed by atoms with E-state index in [4.69, 9.17) is 11.3 Å². The molecule has 0 radical (unpaired) electrons. The average Bonchev–Trinajstić information content (AvgIpc) is 3.67. The number of amides is 1. The molecule has 0 atom stereocenters. The second-order valence-corrected chi connectivity index (χ2v) is 9.37. The predicted octanol–water partition coefficient (Wildman–Crippen LogP) is 3.91. The molecule has 1 aliphatic carbocycles. The van der Waals surface area contributed by atoms with Gasteiger partial charge in [0, 0.05) is 37.2 Å². The fourth-order valence-corrected chi connectivity index (χ4v) is 4.53. The van der Waals surface area contributed by atoms with E-state index < -0.39 is 0 Å². The van der Waals surface area contributed by atoms with Crippen LogP contribution in [-0.2, 0) is 11.3 Å². The average molecular weight is 487 g/mol. The minimum Gasteiger partial charge on any atom is -0.496 e. The Morgan fingerprint density at radius 1 is 1.17 bits per heavy atom. The fraction of sp³-hybridized carbons (Fsp3) is 0.423. The van der Waals surface area contributed by atoms with Crippen molar-refractivity contribution in [2.75, 3.05) is 32.1 Å². The van der Waals surface area contributed by atoms with Crippen LogP contribution in [0.3, 0.4) is 0 Å². The third kappa shape index (κ3) is 5.63. The fourth-order valence-electron chi connectivity index (χ4n) is 4.53. The number of methoxy groups -OCH3 is 1. The van der Waals surface area contributed by atoms with E-state index in [2.05, 4.69) is 46.6 Å². The van der Waals surface area contributed by atoms with Crippen molar-refractivity contribution >= 4 is 23.4 Å². The molecule has 1 saturated heterocycles. The van der Waals surface area contributed by atoms with Gasteiger partial charge in [-0.3, -0.25) is 9.89 Å². The van der Waals surface area contributed by atoms with Crippen LogP contribution >= 0.6 is 0 Å². The summed E-state index contributed by atoms with van der Waals surface area (Å²) in [5.41, 5.74) is 2.86. The number of nitrogens with zero attached hydrogens (tertiary/aromatic N) is 5. The molecule has 5 rings (SSSR count). The van der Waals surface area contributed by atoms with E-state index in [0.29, 0.717) is 29.4 Å². The SMILES string of the molecule is [C-]#[N+]c1cnc(Nc2cc(-c3ccc(CNCC4CCN(C(=O)C5CC5)CC4)cc3OC)[nH]n2)cn1. The van der Waals surface area contributed by atoms with Crippen LogP contribution in [0.15, 0.2) is 36.7 Å². The molecule has 10 nitrogen and oxygen atoms in total. The van der Waals surface area contributed by atoms with Crippen molar-refractivity contribution in [1.29, 1.82) is 0 Å². The Bertz CT molecular complexity index is 1240. The quantitative estimate of drug-likeness (QED) is 0.393. The lowest BCUT2D eigenvalue weighted by molar-refractivity contribution is -0.133. The van der Waals surface area contributed by atoms with E-state index in [-0.39, 0.29) is 5.82 Å². The van der Waals surface area contributed by atoms with Crippen molar-refractivity contribution in [2.45, 2.75) is 32.2 Å². The Morgan fingerprint density at radius 2 is 2.00 bits per heavy atom. The molecule has 10 heteroatoms. The first-order chi connectivity index (χ1) is 17.6. The number of benzene rings is 1. The number of piperidine rings is 1.